The van der Waals surface area contributed by atoms with Gasteiger partial charge in [0.15, 0.2) is 0 Å². The largest absolute Gasteiger partial charge is 0.492 e. The van der Waals surface area contributed by atoms with Gasteiger partial charge in [-0.1, -0.05) is 11.6 Å². The Bertz CT molecular complexity index is 1420. The summed E-state index contributed by atoms with van der Waals surface area (Å²) in [6, 6.07) is 14.0. The average Bonchev–Trinajstić information content (AvgIpc) is 3.42. The van der Waals surface area contributed by atoms with Crippen molar-refractivity contribution in [2.45, 2.75) is 0 Å². The van der Waals surface area contributed by atoms with Crippen LogP contribution in [0.25, 0.3) is 22.2 Å². The SMILES string of the molecule is CN1CC2CN(CCOc3ccc4c(Nc5cnnc(-c6cc(Cl)ccc6F)c5)ccnc4c3)CC2C1. The molecular weight excluding hydrogens is 491 g/mol. The Morgan fingerprint density at radius 1 is 1.05 bits per heavy atom. The lowest BCUT2D eigenvalue weighted by molar-refractivity contribution is 0.218. The van der Waals surface area contributed by atoms with Crippen molar-refractivity contribution in [1.82, 2.24) is 25.0 Å². The number of rotatable bonds is 7. The van der Waals surface area contributed by atoms with Crippen LogP contribution in [0, 0.1) is 17.7 Å². The van der Waals surface area contributed by atoms with E-state index in [1.807, 2.05) is 24.3 Å². The number of anilines is 2. The number of fused-ring (bicyclic) bond motifs is 2. The van der Waals surface area contributed by atoms with E-state index in [2.05, 4.69) is 37.3 Å². The zero-order valence-electron chi connectivity index (χ0n) is 20.6. The van der Waals surface area contributed by atoms with Gasteiger partial charge in [0.2, 0.25) is 0 Å². The van der Waals surface area contributed by atoms with E-state index in [0.29, 0.717) is 28.6 Å². The van der Waals surface area contributed by atoms with Gasteiger partial charge in [0.25, 0.3) is 0 Å². The summed E-state index contributed by atoms with van der Waals surface area (Å²) in [5, 5.41) is 12.9. The topological polar surface area (TPSA) is 66.4 Å². The molecule has 0 bridgehead atoms. The van der Waals surface area contributed by atoms with Gasteiger partial charge in [0, 0.05) is 66.6 Å². The van der Waals surface area contributed by atoms with Gasteiger partial charge in [-0.25, -0.2) is 4.39 Å². The minimum Gasteiger partial charge on any atom is -0.492 e. The molecule has 9 heteroatoms. The number of nitrogens with one attached hydrogen (secondary N) is 1. The van der Waals surface area contributed by atoms with E-state index in [0.717, 1.165) is 40.7 Å². The Morgan fingerprint density at radius 3 is 2.73 bits per heavy atom. The minimum absolute atomic E-state index is 0.300. The molecule has 0 spiro atoms. The summed E-state index contributed by atoms with van der Waals surface area (Å²) >= 11 is 6.05. The Labute approximate surface area is 220 Å². The average molecular weight is 519 g/mol. The van der Waals surface area contributed by atoms with E-state index in [9.17, 15) is 4.39 Å². The Balaban J connectivity index is 1.13. The molecule has 2 saturated heterocycles. The van der Waals surface area contributed by atoms with E-state index in [4.69, 9.17) is 16.3 Å². The molecule has 2 atom stereocenters. The first-order chi connectivity index (χ1) is 18.0. The van der Waals surface area contributed by atoms with Gasteiger partial charge >= 0.3 is 0 Å². The Morgan fingerprint density at radius 2 is 1.89 bits per heavy atom. The van der Waals surface area contributed by atoms with Crippen molar-refractivity contribution < 1.29 is 9.13 Å². The molecule has 7 nitrogen and oxygen atoms in total. The number of pyridine rings is 1. The molecule has 0 amide bonds. The fourth-order valence-corrected chi connectivity index (χ4v) is 5.71. The molecule has 37 heavy (non-hydrogen) atoms. The summed E-state index contributed by atoms with van der Waals surface area (Å²) in [6.45, 7) is 6.36. The number of likely N-dealkylation sites (tertiary alicyclic amines) is 2. The van der Waals surface area contributed by atoms with Crippen molar-refractivity contribution in [3.8, 4) is 17.0 Å². The van der Waals surface area contributed by atoms with E-state index < -0.39 is 5.82 Å². The fraction of sp³-hybridized carbons (Fsp3) is 0.321. The Hall–Kier alpha value is -3.33. The van der Waals surface area contributed by atoms with E-state index in [1.54, 1.807) is 24.5 Å². The zero-order chi connectivity index (χ0) is 25.4. The Kier molecular flexibility index (Phi) is 6.63. The van der Waals surface area contributed by atoms with Crippen molar-refractivity contribution in [1.29, 1.82) is 0 Å². The van der Waals surface area contributed by atoms with Crippen LogP contribution in [0.5, 0.6) is 5.75 Å². The van der Waals surface area contributed by atoms with Gasteiger partial charge in [-0.3, -0.25) is 9.88 Å². The van der Waals surface area contributed by atoms with Crippen LogP contribution in [0.2, 0.25) is 5.02 Å². The molecule has 2 unspecified atom stereocenters. The van der Waals surface area contributed by atoms with Crippen LogP contribution in [-0.4, -0.2) is 71.4 Å². The van der Waals surface area contributed by atoms with Gasteiger partial charge in [-0.2, -0.15) is 10.2 Å². The number of ether oxygens (including phenoxy) is 1. The molecular formula is C28H28ClFN6O. The number of nitrogens with zero attached hydrogens (tertiary/aromatic N) is 5. The quantitative estimate of drug-likeness (QED) is 0.365. The first-order valence-corrected chi connectivity index (χ1v) is 12.9. The van der Waals surface area contributed by atoms with Gasteiger partial charge < -0.3 is 15.0 Å². The molecule has 4 aromatic rings. The number of benzene rings is 2. The summed E-state index contributed by atoms with van der Waals surface area (Å²) in [4.78, 5) is 9.50. The molecule has 0 radical (unpaired) electrons. The van der Waals surface area contributed by atoms with Gasteiger partial charge in [-0.05, 0) is 61.3 Å². The second-order valence-corrected chi connectivity index (χ2v) is 10.4. The van der Waals surface area contributed by atoms with Crippen molar-refractivity contribution in [2.75, 3.05) is 51.7 Å². The second kappa shape index (κ2) is 10.2. The maximum absolute atomic E-state index is 14.3. The summed E-state index contributed by atoms with van der Waals surface area (Å²) < 4.78 is 20.4. The van der Waals surface area contributed by atoms with Crippen LogP contribution >= 0.6 is 11.6 Å². The van der Waals surface area contributed by atoms with Gasteiger partial charge in [0.05, 0.1) is 23.1 Å². The third-order valence-electron chi connectivity index (χ3n) is 7.27. The molecule has 2 fully saturated rings. The number of hydrogen-bond acceptors (Lipinski definition) is 7. The first kappa shape index (κ1) is 24.0. The van der Waals surface area contributed by atoms with Crippen LogP contribution in [0.4, 0.5) is 15.8 Å². The predicted molar refractivity (Wildman–Crippen MR) is 144 cm³/mol. The predicted octanol–water partition coefficient (Wildman–Crippen LogP) is 5.10. The molecule has 2 aromatic carbocycles. The second-order valence-electron chi connectivity index (χ2n) is 9.97. The van der Waals surface area contributed by atoms with Crippen LogP contribution in [0.15, 0.2) is 60.9 Å². The summed E-state index contributed by atoms with van der Waals surface area (Å²) in [6.07, 6.45) is 3.35. The fourth-order valence-electron chi connectivity index (χ4n) is 5.54. The van der Waals surface area contributed by atoms with Crippen molar-refractivity contribution in [3.05, 3.63) is 71.8 Å². The third-order valence-corrected chi connectivity index (χ3v) is 7.51. The standard InChI is InChI=1S/C28H28ClFN6O/c1-35-14-18-16-36(17-19(18)15-35)8-9-37-22-3-4-23-26(6-7-31-27(23)12-22)33-21-11-28(34-32-13-21)24-10-20(29)2-5-25(24)30/h2-7,10-13,18-19H,8-9,14-17H2,1H3,(H,31,33,34). The zero-order valence-corrected chi connectivity index (χ0v) is 21.3. The van der Waals surface area contributed by atoms with E-state index in [1.165, 1.54) is 38.3 Å². The maximum atomic E-state index is 14.3. The third kappa shape index (κ3) is 5.23. The highest BCUT2D eigenvalue weighted by Crippen LogP contribution is 2.31. The van der Waals surface area contributed by atoms with Crippen LogP contribution < -0.4 is 10.1 Å². The van der Waals surface area contributed by atoms with Crippen molar-refractivity contribution in [3.63, 3.8) is 0 Å². The highest BCUT2D eigenvalue weighted by Gasteiger charge is 2.38. The van der Waals surface area contributed by atoms with Crippen LogP contribution in [0.3, 0.4) is 0 Å². The number of aromatic nitrogens is 3. The molecule has 4 heterocycles. The van der Waals surface area contributed by atoms with Gasteiger partial charge in [0.1, 0.15) is 18.2 Å². The number of hydrogen-bond donors (Lipinski definition) is 1. The highest BCUT2D eigenvalue weighted by atomic mass is 35.5. The molecule has 2 aliphatic heterocycles. The molecule has 0 aliphatic carbocycles. The molecule has 2 aromatic heterocycles. The van der Waals surface area contributed by atoms with Crippen molar-refractivity contribution >= 4 is 33.9 Å². The lowest BCUT2D eigenvalue weighted by Crippen LogP contribution is -2.30. The lowest BCUT2D eigenvalue weighted by Gasteiger charge is -2.19. The van der Waals surface area contributed by atoms with E-state index in [-0.39, 0.29) is 0 Å². The first-order valence-electron chi connectivity index (χ1n) is 12.5. The normalized spacial score (nSPS) is 19.9. The van der Waals surface area contributed by atoms with E-state index >= 15 is 0 Å². The molecule has 190 valence electrons. The van der Waals surface area contributed by atoms with Crippen molar-refractivity contribution in [2.24, 2.45) is 11.8 Å². The number of halogens is 2. The molecule has 6 rings (SSSR count). The van der Waals surface area contributed by atoms with Crippen LogP contribution in [0.1, 0.15) is 0 Å². The summed E-state index contributed by atoms with van der Waals surface area (Å²) in [5.41, 5.74) is 3.06. The van der Waals surface area contributed by atoms with Gasteiger partial charge in [-0.15, -0.1) is 0 Å². The highest BCUT2D eigenvalue weighted by molar-refractivity contribution is 6.30. The monoisotopic (exact) mass is 518 g/mol. The smallest absolute Gasteiger partial charge is 0.132 e. The maximum Gasteiger partial charge on any atom is 0.132 e. The molecule has 0 saturated carbocycles. The molecule has 1 N–H and O–H groups in total. The summed E-state index contributed by atoms with van der Waals surface area (Å²) in [5.74, 6) is 2.01. The minimum atomic E-state index is -0.405. The summed E-state index contributed by atoms with van der Waals surface area (Å²) in [7, 11) is 2.22. The molecule has 2 aliphatic rings. The lowest BCUT2D eigenvalue weighted by atomic mass is 10.0. The van der Waals surface area contributed by atoms with Crippen LogP contribution in [-0.2, 0) is 0 Å².